The minimum atomic E-state index is -3.83. The Morgan fingerprint density at radius 2 is 2.14 bits per heavy atom. The molecule has 0 aliphatic heterocycles. The van der Waals surface area contributed by atoms with Gasteiger partial charge in [-0.2, -0.15) is 8.42 Å². The zero-order chi connectivity index (χ0) is 10.6. The van der Waals surface area contributed by atoms with E-state index in [1.165, 1.54) is 0 Å². The van der Waals surface area contributed by atoms with Crippen molar-refractivity contribution in [3.63, 3.8) is 0 Å². The summed E-state index contributed by atoms with van der Waals surface area (Å²) in [4.78, 5) is 0. The minimum absolute atomic E-state index is 0.336. The molecule has 0 aromatic carbocycles. The van der Waals surface area contributed by atoms with Gasteiger partial charge in [0.05, 0.1) is 5.25 Å². The summed E-state index contributed by atoms with van der Waals surface area (Å²) in [6.07, 6.45) is 3.81. The molecule has 0 bridgehead atoms. The van der Waals surface area contributed by atoms with Crippen LogP contribution in [0.15, 0.2) is 0 Å². The molecule has 2 unspecified atom stereocenters. The molecule has 1 aliphatic rings. The van der Waals surface area contributed by atoms with Gasteiger partial charge in [0.1, 0.15) is 0 Å². The van der Waals surface area contributed by atoms with Crippen LogP contribution in [0.3, 0.4) is 0 Å². The van der Waals surface area contributed by atoms with Crippen molar-refractivity contribution in [3.8, 4) is 11.8 Å². The number of rotatable bonds is 2. The zero-order valence-electron chi connectivity index (χ0n) is 8.36. The van der Waals surface area contributed by atoms with Crippen LogP contribution in [-0.2, 0) is 10.1 Å². The van der Waals surface area contributed by atoms with Crippen molar-refractivity contribution in [3.05, 3.63) is 0 Å². The molecule has 1 saturated carbocycles. The molecule has 0 aromatic rings. The van der Waals surface area contributed by atoms with E-state index in [2.05, 4.69) is 11.8 Å². The first-order valence-electron chi connectivity index (χ1n) is 4.90. The first-order valence-corrected chi connectivity index (χ1v) is 6.40. The normalized spacial score (nSPS) is 27.9. The summed E-state index contributed by atoms with van der Waals surface area (Å²) >= 11 is 0. The first kappa shape index (κ1) is 11.5. The van der Waals surface area contributed by atoms with Crippen molar-refractivity contribution < 1.29 is 13.0 Å². The predicted molar refractivity (Wildman–Crippen MR) is 55.4 cm³/mol. The van der Waals surface area contributed by atoms with Crippen molar-refractivity contribution in [2.45, 2.75) is 44.3 Å². The van der Waals surface area contributed by atoms with Crippen LogP contribution in [0.4, 0.5) is 0 Å². The summed E-state index contributed by atoms with van der Waals surface area (Å²) in [6.45, 7) is 1.78. The maximum atomic E-state index is 10.9. The second-order valence-corrected chi connectivity index (χ2v) is 5.50. The standard InChI is InChI=1S/C10H16O3S/c1-2-3-5-9-6-4-7-10(8-9)14(11,12)13/h9-10H,4-8H2,1H3,(H,11,12,13). The Morgan fingerprint density at radius 3 is 2.71 bits per heavy atom. The van der Waals surface area contributed by atoms with Gasteiger partial charge in [-0.3, -0.25) is 4.55 Å². The van der Waals surface area contributed by atoms with E-state index in [1.807, 2.05) is 0 Å². The van der Waals surface area contributed by atoms with Gasteiger partial charge < -0.3 is 0 Å². The molecule has 1 aliphatic carbocycles. The third-order valence-corrected chi connectivity index (χ3v) is 3.99. The molecule has 4 heteroatoms. The van der Waals surface area contributed by atoms with Gasteiger partial charge in [0.25, 0.3) is 10.1 Å². The van der Waals surface area contributed by atoms with E-state index in [1.54, 1.807) is 6.92 Å². The lowest BCUT2D eigenvalue weighted by Gasteiger charge is -2.25. The third kappa shape index (κ3) is 3.32. The van der Waals surface area contributed by atoms with Crippen molar-refractivity contribution in [1.82, 2.24) is 0 Å². The quantitative estimate of drug-likeness (QED) is 0.566. The first-order chi connectivity index (χ1) is 6.54. The van der Waals surface area contributed by atoms with Gasteiger partial charge in [-0.05, 0) is 32.1 Å². The second-order valence-electron chi connectivity index (χ2n) is 3.80. The highest BCUT2D eigenvalue weighted by molar-refractivity contribution is 7.86. The fourth-order valence-corrected chi connectivity index (χ4v) is 2.92. The summed E-state index contributed by atoms with van der Waals surface area (Å²) in [5.41, 5.74) is 0. The van der Waals surface area contributed by atoms with Crippen LogP contribution in [0, 0.1) is 17.8 Å². The van der Waals surface area contributed by atoms with Crippen molar-refractivity contribution >= 4 is 10.1 Å². The van der Waals surface area contributed by atoms with E-state index < -0.39 is 15.4 Å². The third-order valence-electron chi connectivity index (χ3n) is 2.72. The van der Waals surface area contributed by atoms with E-state index in [0.717, 1.165) is 19.3 Å². The maximum Gasteiger partial charge on any atom is 0.267 e. The molecule has 2 atom stereocenters. The fraction of sp³-hybridized carbons (Fsp3) is 0.800. The van der Waals surface area contributed by atoms with Crippen LogP contribution in [-0.4, -0.2) is 18.2 Å². The molecule has 1 rings (SSSR count). The molecule has 1 N–H and O–H groups in total. The summed E-state index contributed by atoms with van der Waals surface area (Å²) in [5.74, 6) is 6.11. The Balaban J connectivity index is 2.55. The Kier molecular flexibility index (Phi) is 3.97. The van der Waals surface area contributed by atoms with E-state index >= 15 is 0 Å². The van der Waals surface area contributed by atoms with Crippen LogP contribution < -0.4 is 0 Å². The lowest BCUT2D eigenvalue weighted by atomic mass is 9.87. The lowest BCUT2D eigenvalue weighted by Crippen LogP contribution is -2.27. The van der Waals surface area contributed by atoms with Crippen LogP contribution in [0.25, 0.3) is 0 Å². The molecule has 0 saturated heterocycles. The summed E-state index contributed by atoms with van der Waals surface area (Å²) in [5, 5.41) is -0.556. The molecule has 1 fully saturated rings. The zero-order valence-corrected chi connectivity index (χ0v) is 9.18. The van der Waals surface area contributed by atoms with Crippen LogP contribution in [0.2, 0.25) is 0 Å². The van der Waals surface area contributed by atoms with Crippen LogP contribution >= 0.6 is 0 Å². The highest BCUT2D eigenvalue weighted by atomic mass is 32.2. The smallest absolute Gasteiger partial charge is 0.267 e. The van der Waals surface area contributed by atoms with E-state index in [-0.39, 0.29) is 0 Å². The molecule has 80 valence electrons. The van der Waals surface area contributed by atoms with E-state index in [9.17, 15) is 8.42 Å². The lowest BCUT2D eigenvalue weighted by molar-refractivity contribution is 0.346. The minimum Gasteiger partial charge on any atom is -0.285 e. The van der Waals surface area contributed by atoms with Gasteiger partial charge in [0, 0.05) is 6.42 Å². The number of hydrogen-bond acceptors (Lipinski definition) is 2. The predicted octanol–water partition coefficient (Wildman–Crippen LogP) is 1.85. The number of hydrogen-bond donors (Lipinski definition) is 1. The molecule has 0 radical (unpaired) electrons. The van der Waals surface area contributed by atoms with Gasteiger partial charge in [-0.25, -0.2) is 0 Å². The largest absolute Gasteiger partial charge is 0.285 e. The average molecular weight is 216 g/mol. The highest BCUT2D eigenvalue weighted by Gasteiger charge is 2.29. The molecular formula is C10H16O3S. The summed E-state index contributed by atoms with van der Waals surface area (Å²) < 4.78 is 30.8. The Bertz CT molecular complexity index is 334. The molecule has 3 nitrogen and oxygen atoms in total. The fourth-order valence-electron chi connectivity index (χ4n) is 1.94. The highest BCUT2D eigenvalue weighted by Crippen LogP contribution is 2.29. The Hall–Kier alpha value is -0.530. The second kappa shape index (κ2) is 4.81. The van der Waals surface area contributed by atoms with Crippen molar-refractivity contribution in [2.24, 2.45) is 5.92 Å². The van der Waals surface area contributed by atoms with Crippen molar-refractivity contribution in [1.29, 1.82) is 0 Å². The molecular weight excluding hydrogens is 200 g/mol. The topological polar surface area (TPSA) is 54.4 Å². The molecule has 0 aromatic heterocycles. The molecule has 0 spiro atoms. The Labute approximate surface area is 85.6 Å². The summed E-state index contributed by atoms with van der Waals surface area (Å²) in [7, 11) is -3.83. The van der Waals surface area contributed by atoms with Gasteiger partial charge in [-0.15, -0.1) is 11.8 Å². The van der Waals surface area contributed by atoms with Crippen LogP contribution in [0.1, 0.15) is 39.0 Å². The summed E-state index contributed by atoms with van der Waals surface area (Å²) in [6, 6.07) is 0. The monoisotopic (exact) mass is 216 g/mol. The van der Waals surface area contributed by atoms with Gasteiger partial charge >= 0.3 is 0 Å². The molecule has 0 heterocycles. The van der Waals surface area contributed by atoms with Crippen LogP contribution in [0.5, 0.6) is 0 Å². The Morgan fingerprint density at radius 1 is 1.43 bits per heavy atom. The average Bonchev–Trinajstić information content (AvgIpc) is 2.14. The van der Waals surface area contributed by atoms with Gasteiger partial charge in [0.2, 0.25) is 0 Å². The SMILES string of the molecule is CC#CCC1CCCC(S(=O)(=O)O)C1. The van der Waals surface area contributed by atoms with Gasteiger partial charge in [0.15, 0.2) is 0 Å². The van der Waals surface area contributed by atoms with E-state index in [4.69, 9.17) is 4.55 Å². The van der Waals surface area contributed by atoms with Crippen molar-refractivity contribution in [2.75, 3.05) is 0 Å². The molecule has 14 heavy (non-hydrogen) atoms. The van der Waals surface area contributed by atoms with E-state index in [0.29, 0.717) is 18.8 Å². The maximum absolute atomic E-state index is 10.9. The molecule has 0 amide bonds. The van der Waals surface area contributed by atoms with Gasteiger partial charge in [-0.1, -0.05) is 6.42 Å².